The summed E-state index contributed by atoms with van der Waals surface area (Å²) >= 11 is 5.06. The van der Waals surface area contributed by atoms with Gasteiger partial charge in [0.15, 0.2) is 6.23 Å². The van der Waals surface area contributed by atoms with Crippen LogP contribution in [0, 0.1) is 10.1 Å². The quantitative estimate of drug-likeness (QED) is 0.462. The van der Waals surface area contributed by atoms with E-state index >= 15 is 0 Å². The van der Waals surface area contributed by atoms with E-state index in [1.54, 1.807) is 17.5 Å². The Morgan fingerprint density at radius 1 is 1.24 bits per heavy atom. The van der Waals surface area contributed by atoms with E-state index in [9.17, 15) is 10.1 Å². The summed E-state index contributed by atoms with van der Waals surface area (Å²) in [6, 6.07) is 12.7. The molecule has 0 amide bonds. The molecule has 0 radical (unpaired) electrons. The molecule has 1 N–H and O–H groups in total. The second-order valence-corrected chi connectivity index (χ2v) is 6.36. The van der Waals surface area contributed by atoms with Crippen LogP contribution in [0.3, 0.4) is 0 Å². The van der Waals surface area contributed by atoms with Crippen LogP contribution in [0.4, 0.5) is 11.4 Å². The number of benzene rings is 2. The van der Waals surface area contributed by atoms with Crippen LogP contribution in [-0.4, -0.2) is 16.5 Å². The van der Waals surface area contributed by atoms with Gasteiger partial charge in [-0.25, -0.2) is 0 Å². The van der Waals surface area contributed by atoms with Crippen molar-refractivity contribution in [3.63, 3.8) is 0 Å². The lowest BCUT2D eigenvalue weighted by Gasteiger charge is -2.41. The largest absolute Gasteiger partial charge is 0.356 e. The fraction of sp³-hybridized carbons (Fsp3) is 0.316. The van der Waals surface area contributed by atoms with Crippen LogP contribution in [0.5, 0.6) is 0 Å². The molecule has 130 valence electrons. The molecule has 5 nitrogen and oxygen atoms in total. The highest BCUT2D eigenvalue weighted by molar-refractivity contribution is 7.79. The molecule has 6 heteroatoms. The summed E-state index contributed by atoms with van der Waals surface area (Å²) in [6.45, 7) is 4.19. The minimum Gasteiger partial charge on any atom is -0.356 e. The molecule has 1 aliphatic rings. The van der Waals surface area contributed by atoms with Gasteiger partial charge in [-0.2, -0.15) is 0 Å². The molecule has 1 unspecified atom stereocenters. The van der Waals surface area contributed by atoms with Crippen molar-refractivity contribution in [2.45, 2.75) is 38.5 Å². The summed E-state index contributed by atoms with van der Waals surface area (Å²) in [7, 11) is 0. The average Bonchev–Trinajstić information content (AvgIpc) is 2.66. The smallest absolute Gasteiger partial charge is 0.270 e. The summed E-state index contributed by atoms with van der Waals surface area (Å²) in [4.78, 5) is 10.7. The molecular weight excluding hydrogens is 336 g/mol. The number of nitro groups is 1. The second-order valence-electron chi connectivity index (χ2n) is 6.09. The molecular formula is C19H20N2O3S. The highest BCUT2D eigenvalue weighted by Crippen LogP contribution is 2.43. The molecule has 0 aromatic heterocycles. The van der Waals surface area contributed by atoms with Gasteiger partial charge in [0.05, 0.1) is 10.5 Å². The van der Waals surface area contributed by atoms with E-state index in [0.29, 0.717) is 0 Å². The first kappa shape index (κ1) is 17.5. The van der Waals surface area contributed by atoms with Crippen molar-refractivity contribution in [1.82, 2.24) is 0 Å². The van der Waals surface area contributed by atoms with E-state index in [2.05, 4.69) is 25.2 Å². The number of fused-ring (bicyclic) bond motifs is 1. The molecule has 25 heavy (non-hydrogen) atoms. The zero-order chi connectivity index (χ0) is 18.0. The zero-order valence-electron chi connectivity index (χ0n) is 14.2. The lowest BCUT2D eigenvalue weighted by atomic mass is 9.84. The normalized spacial score (nSPS) is 18.1. The number of thiocarbonyl (C=S) groups is 1. The molecule has 0 fully saturated rings. The molecule has 0 saturated heterocycles. The molecule has 1 atom stereocenters. The highest BCUT2D eigenvalue weighted by Gasteiger charge is 2.38. The number of nitro benzene ring substituents is 1. The van der Waals surface area contributed by atoms with Crippen molar-refractivity contribution in [3.8, 4) is 11.1 Å². The van der Waals surface area contributed by atoms with Gasteiger partial charge in [0, 0.05) is 28.8 Å². The summed E-state index contributed by atoms with van der Waals surface area (Å²) < 4.78 is 6.22. The summed E-state index contributed by atoms with van der Waals surface area (Å²) in [5.41, 5.74) is 3.47. The van der Waals surface area contributed by atoms with E-state index in [-0.39, 0.29) is 16.8 Å². The third-order valence-corrected chi connectivity index (χ3v) is 5.06. The predicted octanol–water partition coefficient (Wildman–Crippen LogP) is 5.05. The topological polar surface area (TPSA) is 64.4 Å². The SMILES string of the molecule is CCC1(CC)OC(C=S)Nc2ccc(-c3cccc([N+](=O)[O-])c3)cc21. The van der Waals surface area contributed by atoms with Crippen LogP contribution in [0.25, 0.3) is 11.1 Å². The van der Waals surface area contributed by atoms with Crippen molar-refractivity contribution in [3.05, 3.63) is 58.1 Å². The first-order valence-corrected chi connectivity index (χ1v) is 8.79. The Balaban J connectivity index is 2.11. The van der Waals surface area contributed by atoms with Gasteiger partial charge in [0.1, 0.15) is 0 Å². The fourth-order valence-electron chi connectivity index (χ4n) is 3.37. The van der Waals surface area contributed by atoms with E-state index in [4.69, 9.17) is 17.0 Å². The summed E-state index contributed by atoms with van der Waals surface area (Å²) in [6.07, 6.45) is 1.33. The summed E-state index contributed by atoms with van der Waals surface area (Å²) in [5, 5.41) is 15.9. The van der Waals surface area contributed by atoms with Crippen LogP contribution >= 0.6 is 12.2 Å². The number of anilines is 1. The zero-order valence-corrected chi connectivity index (χ0v) is 15.0. The first-order chi connectivity index (χ1) is 12.0. The maximum absolute atomic E-state index is 11.0. The molecule has 0 saturated carbocycles. The molecule has 1 aliphatic heterocycles. The lowest BCUT2D eigenvalue weighted by Crippen LogP contribution is -2.42. The van der Waals surface area contributed by atoms with Gasteiger partial charge in [-0.1, -0.05) is 44.3 Å². The van der Waals surface area contributed by atoms with Gasteiger partial charge in [-0.05, 0) is 36.1 Å². The van der Waals surface area contributed by atoms with E-state index in [1.165, 1.54) is 6.07 Å². The predicted molar refractivity (Wildman–Crippen MR) is 103 cm³/mol. The molecule has 1 heterocycles. The Hall–Kier alpha value is -2.31. The van der Waals surface area contributed by atoms with Gasteiger partial charge in [0.2, 0.25) is 0 Å². The second kappa shape index (κ2) is 6.90. The van der Waals surface area contributed by atoms with Crippen LogP contribution < -0.4 is 5.32 Å². The van der Waals surface area contributed by atoms with Crippen LogP contribution in [0.1, 0.15) is 32.3 Å². The minimum atomic E-state index is -0.419. The summed E-state index contributed by atoms with van der Waals surface area (Å²) in [5.74, 6) is 0. The maximum Gasteiger partial charge on any atom is 0.270 e. The van der Waals surface area contributed by atoms with Gasteiger partial charge in [-0.3, -0.25) is 10.1 Å². The van der Waals surface area contributed by atoms with Crippen LogP contribution in [-0.2, 0) is 10.3 Å². The molecule has 2 aromatic carbocycles. The van der Waals surface area contributed by atoms with Crippen molar-refractivity contribution < 1.29 is 9.66 Å². The van der Waals surface area contributed by atoms with E-state index in [1.807, 2.05) is 18.2 Å². The Morgan fingerprint density at radius 3 is 2.60 bits per heavy atom. The van der Waals surface area contributed by atoms with Gasteiger partial charge in [-0.15, -0.1) is 0 Å². The standard InChI is InChI=1S/C19H20N2O3S/c1-3-19(4-2)16-11-14(8-9-17(16)20-18(12-25)24-19)13-6-5-7-15(10-13)21(22)23/h5-12,18,20H,3-4H2,1-2H3. The molecule has 0 bridgehead atoms. The van der Waals surface area contributed by atoms with Crippen LogP contribution in [0.2, 0.25) is 0 Å². The Morgan fingerprint density at radius 2 is 1.96 bits per heavy atom. The number of hydrogen-bond donors (Lipinski definition) is 1. The Labute approximate surface area is 152 Å². The molecule has 0 spiro atoms. The number of non-ortho nitro benzene ring substituents is 1. The number of hydrogen-bond acceptors (Lipinski definition) is 5. The number of nitrogens with one attached hydrogen (secondary N) is 1. The lowest BCUT2D eigenvalue weighted by molar-refractivity contribution is -0.384. The number of nitrogens with zero attached hydrogens (tertiary/aromatic N) is 1. The van der Waals surface area contributed by atoms with Crippen molar-refractivity contribution in [2.24, 2.45) is 0 Å². The molecule has 0 aliphatic carbocycles. The number of ether oxygens (including phenoxy) is 1. The van der Waals surface area contributed by atoms with Gasteiger partial charge < -0.3 is 10.1 Å². The Kier molecular flexibility index (Phi) is 4.83. The fourth-order valence-corrected chi connectivity index (χ4v) is 3.50. The van der Waals surface area contributed by atoms with Crippen molar-refractivity contribution >= 4 is 29.0 Å². The number of rotatable bonds is 5. The third kappa shape index (κ3) is 3.15. The first-order valence-electron chi connectivity index (χ1n) is 8.32. The van der Waals surface area contributed by atoms with Crippen LogP contribution in [0.15, 0.2) is 42.5 Å². The minimum absolute atomic E-state index is 0.0858. The highest BCUT2D eigenvalue weighted by atomic mass is 32.1. The van der Waals surface area contributed by atoms with E-state index in [0.717, 1.165) is 35.2 Å². The third-order valence-electron chi connectivity index (χ3n) is 4.82. The monoisotopic (exact) mass is 356 g/mol. The average molecular weight is 356 g/mol. The molecule has 2 aromatic rings. The van der Waals surface area contributed by atoms with E-state index < -0.39 is 5.60 Å². The van der Waals surface area contributed by atoms with Gasteiger partial charge in [0.25, 0.3) is 5.69 Å². The maximum atomic E-state index is 11.0. The Bertz CT molecular complexity index is 818. The van der Waals surface area contributed by atoms with Crippen molar-refractivity contribution in [2.75, 3.05) is 5.32 Å². The van der Waals surface area contributed by atoms with Gasteiger partial charge >= 0.3 is 0 Å². The molecule has 3 rings (SSSR count). The van der Waals surface area contributed by atoms with Crippen molar-refractivity contribution in [1.29, 1.82) is 0 Å².